The summed E-state index contributed by atoms with van der Waals surface area (Å²) in [4.78, 5) is 12.6. The highest BCUT2D eigenvalue weighted by Crippen LogP contribution is 2.42. The SMILES string of the molecule is O=C(Nc1ccc2c(c1)OC(F)(F)O2)C1CCCN(S(=O)(=O)c2ccc(F)cc2)C1. The minimum atomic E-state index is -3.87. The molecule has 1 amide bonds. The molecule has 1 saturated heterocycles. The van der Waals surface area contributed by atoms with E-state index in [1.54, 1.807) is 0 Å². The smallest absolute Gasteiger partial charge is 0.395 e. The lowest BCUT2D eigenvalue weighted by Crippen LogP contribution is -2.43. The van der Waals surface area contributed by atoms with Crippen LogP contribution in [-0.2, 0) is 14.8 Å². The first kappa shape index (κ1) is 20.5. The first-order chi connectivity index (χ1) is 14.1. The van der Waals surface area contributed by atoms with Crippen molar-refractivity contribution in [1.82, 2.24) is 4.31 Å². The fourth-order valence-electron chi connectivity index (χ4n) is 3.40. The Labute approximate surface area is 170 Å². The minimum absolute atomic E-state index is 0.0475. The minimum Gasteiger partial charge on any atom is -0.395 e. The number of carbonyl (C=O) groups is 1. The average molecular weight is 442 g/mol. The summed E-state index contributed by atoms with van der Waals surface area (Å²) in [5.74, 6) is -1.99. The molecule has 2 aromatic carbocycles. The molecule has 2 heterocycles. The van der Waals surface area contributed by atoms with Gasteiger partial charge in [0, 0.05) is 24.8 Å². The number of piperidine rings is 1. The monoisotopic (exact) mass is 442 g/mol. The van der Waals surface area contributed by atoms with Crippen molar-refractivity contribution < 1.29 is 35.9 Å². The number of fused-ring (bicyclic) bond motifs is 1. The largest absolute Gasteiger partial charge is 0.586 e. The molecule has 0 aromatic heterocycles. The molecule has 2 aliphatic rings. The number of nitrogens with zero attached hydrogens (tertiary/aromatic N) is 1. The summed E-state index contributed by atoms with van der Waals surface area (Å²) in [6, 6.07) is 8.32. The molecule has 160 valence electrons. The molecule has 2 aromatic rings. The summed E-state index contributed by atoms with van der Waals surface area (Å²) < 4.78 is 74.8. The number of alkyl halides is 2. The first-order valence-corrected chi connectivity index (χ1v) is 10.5. The summed E-state index contributed by atoms with van der Waals surface area (Å²) in [6.45, 7) is 0.191. The van der Waals surface area contributed by atoms with Crippen LogP contribution < -0.4 is 14.8 Å². The Morgan fingerprint density at radius 3 is 2.53 bits per heavy atom. The van der Waals surface area contributed by atoms with Gasteiger partial charge in [0.2, 0.25) is 15.9 Å². The molecule has 1 unspecified atom stereocenters. The van der Waals surface area contributed by atoms with Gasteiger partial charge in [-0.15, -0.1) is 8.78 Å². The van der Waals surface area contributed by atoms with E-state index >= 15 is 0 Å². The molecule has 1 atom stereocenters. The Morgan fingerprint density at radius 1 is 1.10 bits per heavy atom. The van der Waals surface area contributed by atoms with Crippen LogP contribution in [0.25, 0.3) is 0 Å². The molecule has 1 N–H and O–H groups in total. The third-order valence-corrected chi connectivity index (χ3v) is 6.75. The topological polar surface area (TPSA) is 84.9 Å². The lowest BCUT2D eigenvalue weighted by Gasteiger charge is -2.31. The Bertz CT molecular complexity index is 1080. The standard InChI is InChI=1S/C19H17F3N2O5S/c20-13-3-6-15(7-4-13)30(26,27)24-9-1-2-12(11-24)18(25)23-14-5-8-16-17(10-14)29-19(21,22)28-16/h3-8,10,12H,1-2,9,11H2,(H,23,25). The summed E-state index contributed by atoms with van der Waals surface area (Å²) in [5, 5.41) is 2.60. The van der Waals surface area contributed by atoms with Crippen molar-refractivity contribution in [3.8, 4) is 11.5 Å². The van der Waals surface area contributed by atoms with Crippen molar-refractivity contribution in [1.29, 1.82) is 0 Å². The van der Waals surface area contributed by atoms with Crippen LogP contribution in [0, 0.1) is 11.7 Å². The van der Waals surface area contributed by atoms with Gasteiger partial charge in [-0.25, -0.2) is 12.8 Å². The second-order valence-electron chi connectivity index (χ2n) is 6.97. The molecule has 11 heteroatoms. The molecule has 1 fully saturated rings. The maximum Gasteiger partial charge on any atom is 0.586 e. The molecule has 0 bridgehead atoms. The fraction of sp³-hybridized carbons (Fsp3) is 0.316. The third kappa shape index (κ3) is 4.08. The van der Waals surface area contributed by atoms with Crippen LogP contribution >= 0.6 is 0 Å². The number of halogens is 3. The molecule has 7 nitrogen and oxygen atoms in total. The molecule has 0 radical (unpaired) electrons. The number of hydrogen-bond acceptors (Lipinski definition) is 5. The summed E-state index contributed by atoms with van der Waals surface area (Å²) >= 11 is 0. The van der Waals surface area contributed by atoms with E-state index < -0.39 is 34.0 Å². The van der Waals surface area contributed by atoms with E-state index in [2.05, 4.69) is 14.8 Å². The first-order valence-electron chi connectivity index (χ1n) is 9.10. The zero-order valence-corrected chi connectivity index (χ0v) is 16.3. The maximum atomic E-state index is 13.1. The predicted octanol–water partition coefficient (Wildman–Crippen LogP) is 3.19. The van der Waals surface area contributed by atoms with E-state index in [4.69, 9.17) is 0 Å². The summed E-state index contributed by atoms with van der Waals surface area (Å²) in [6.07, 6.45) is -2.83. The van der Waals surface area contributed by atoms with Crippen molar-refractivity contribution >= 4 is 21.6 Å². The number of rotatable bonds is 4. The van der Waals surface area contributed by atoms with Crippen LogP contribution in [0.5, 0.6) is 11.5 Å². The van der Waals surface area contributed by atoms with Gasteiger partial charge >= 0.3 is 6.29 Å². The number of nitrogens with one attached hydrogen (secondary N) is 1. The quantitative estimate of drug-likeness (QED) is 0.786. The Morgan fingerprint density at radius 2 is 1.80 bits per heavy atom. The van der Waals surface area contributed by atoms with E-state index in [0.717, 1.165) is 12.1 Å². The van der Waals surface area contributed by atoms with Crippen molar-refractivity contribution in [3.63, 3.8) is 0 Å². The Kier molecular flexibility index (Phi) is 5.10. The molecule has 0 saturated carbocycles. The van der Waals surface area contributed by atoms with Gasteiger partial charge in [-0.2, -0.15) is 4.31 Å². The highest BCUT2D eigenvalue weighted by atomic mass is 32.2. The van der Waals surface area contributed by atoms with Crippen molar-refractivity contribution in [3.05, 3.63) is 48.3 Å². The van der Waals surface area contributed by atoms with Gasteiger partial charge in [0.1, 0.15) is 5.82 Å². The molecule has 4 rings (SSSR count). The van der Waals surface area contributed by atoms with Gasteiger partial charge in [-0.1, -0.05) is 0 Å². The summed E-state index contributed by atoms with van der Waals surface area (Å²) in [5.41, 5.74) is 0.221. The van der Waals surface area contributed by atoms with Gasteiger partial charge in [-0.3, -0.25) is 4.79 Å². The van der Waals surface area contributed by atoms with E-state index in [-0.39, 0.29) is 35.2 Å². The molecule has 2 aliphatic heterocycles. The maximum absolute atomic E-state index is 13.1. The highest BCUT2D eigenvalue weighted by Gasteiger charge is 2.43. The second kappa shape index (κ2) is 7.47. The lowest BCUT2D eigenvalue weighted by molar-refractivity contribution is -0.286. The number of amides is 1. The number of carbonyl (C=O) groups excluding carboxylic acids is 1. The van der Waals surface area contributed by atoms with Crippen molar-refractivity contribution in [2.75, 3.05) is 18.4 Å². The number of ether oxygens (including phenoxy) is 2. The lowest BCUT2D eigenvalue weighted by atomic mass is 9.98. The van der Waals surface area contributed by atoms with Crippen molar-refractivity contribution in [2.24, 2.45) is 5.92 Å². The number of anilines is 1. The normalized spacial score (nSPS) is 20.7. The highest BCUT2D eigenvalue weighted by molar-refractivity contribution is 7.89. The number of benzene rings is 2. The van der Waals surface area contributed by atoms with Gasteiger partial charge in [0.25, 0.3) is 0 Å². The predicted molar refractivity (Wildman–Crippen MR) is 99.2 cm³/mol. The number of sulfonamides is 1. The molecular weight excluding hydrogens is 425 g/mol. The van der Waals surface area contributed by atoms with Crippen LogP contribution in [0.4, 0.5) is 18.9 Å². The van der Waals surface area contributed by atoms with E-state index in [9.17, 15) is 26.4 Å². The van der Waals surface area contributed by atoms with Crippen LogP contribution in [0.3, 0.4) is 0 Å². The van der Waals surface area contributed by atoms with Gasteiger partial charge in [-0.05, 0) is 49.2 Å². The average Bonchev–Trinajstić information content (AvgIpc) is 3.01. The zero-order chi connectivity index (χ0) is 21.5. The molecular formula is C19H17F3N2O5S. The van der Waals surface area contributed by atoms with Crippen LogP contribution in [-0.4, -0.2) is 38.0 Å². The fourth-order valence-corrected chi connectivity index (χ4v) is 4.93. The van der Waals surface area contributed by atoms with Gasteiger partial charge < -0.3 is 14.8 Å². The Balaban J connectivity index is 1.45. The third-order valence-electron chi connectivity index (χ3n) is 4.88. The zero-order valence-electron chi connectivity index (χ0n) is 15.5. The van der Waals surface area contributed by atoms with Crippen molar-refractivity contribution in [2.45, 2.75) is 24.0 Å². The van der Waals surface area contributed by atoms with E-state index in [1.807, 2.05) is 0 Å². The van der Waals surface area contributed by atoms with Crippen LogP contribution in [0.15, 0.2) is 47.4 Å². The number of hydrogen-bond donors (Lipinski definition) is 1. The van der Waals surface area contributed by atoms with Crippen LogP contribution in [0.2, 0.25) is 0 Å². The van der Waals surface area contributed by atoms with E-state index in [1.165, 1.54) is 34.6 Å². The Hall–Kier alpha value is -2.79. The summed E-state index contributed by atoms with van der Waals surface area (Å²) in [7, 11) is -3.87. The second-order valence-corrected chi connectivity index (χ2v) is 8.91. The van der Waals surface area contributed by atoms with Gasteiger partial charge in [0.15, 0.2) is 11.5 Å². The molecule has 0 spiro atoms. The molecule has 0 aliphatic carbocycles. The molecule has 30 heavy (non-hydrogen) atoms. The van der Waals surface area contributed by atoms with Crippen LogP contribution in [0.1, 0.15) is 12.8 Å². The van der Waals surface area contributed by atoms with Gasteiger partial charge in [0.05, 0.1) is 10.8 Å². The van der Waals surface area contributed by atoms with E-state index in [0.29, 0.717) is 12.8 Å².